The van der Waals surface area contributed by atoms with Crippen LogP contribution in [0.3, 0.4) is 0 Å². The van der Waals surface area contributed by atoms with Crippen molar-refractivity contribution in [3.8, 4) is 0 Å². The van der Waals surface area contributed by atoms with E-state index >= 15 is 0 Å². The van der Waals surface area contributed by atoms with E-state index in [0.29, 0.717) is 0 Å². The van der Waals surface area contributed by atoms with Gasteiger partial charge in [-0.15, -0.1) is 0 Å². The van der Waals surface area contributed by atoms with E-state index < -0.39 is 0 Å². The number of benzene rings is 4. The quantitative estimate of drug-likeness (QED) is 0.198. The molecule has 0 nitrogen and oxygen atoms in total. The zero-order valence-electron chi connectivity index (χ0n) is 22.9. The minimum absolute atomic E-state index is 1.19. The van der Waals surface area contributed by atoms with Crippen LogP contribution in [-0.4, -0.2) is 0 Å². The van der Waals surface area contributed by atoms with E-state index in [1.54, 1.807) is 0 Å². The lowest BCUT2D eigenvalue weighted by atomic mass is 9.89. The Bertz CT molecular complexity index is 1520. The summed E-state index contributed by atoms with van der Waals surface area (Å²) in [5, 5.41) is 8.02. The second-order valence-corrected chi connectivity index (χ2v) is 10.3. The number of aryl methyl sites for hydroxylation is 2. The summed E-state index contributed by atoms with van der Waals surface area (Å²) in [6, 6.07) is 18.9. The predicted octanol–water partition coefficient (Wildman–Crippen LogP) is 11.1. The first-order valence-electron chi connectivity index (χ1n) is 13.1. The van der Waals surface area contributed by atoms with Crippen molar-refractivity contribution >= 4 is 43.5 Å². The summed E-state index contributed by atoms with van der Waals surface area (Å²) in [4.78, 5) is 0. The molecule has 0 spiro atoms. The van der Waals surface area contributed by atoms with Crippen molar-refractivity contribution in [1.82, 2.24) is 0 Å². The van der Waals surface area contributed by atoms with E-state index in [2.05, 4.69) is 116 Å². The average Bonchev–Trinajstić information content (AvgIpc) is 2.85. The fraction of sp³-hybridized carbons (Fsp3) is 0.314. The third kappa shape index (κ3) is 4.72. The highest BCUT2D eigenvalue weighted by molar-refractivity contribution is 6.18. The number of hydrogen-bond acceptors (Lipinski definition) is 0. The van der Waals surface area contributed by atoms with Gasteiger partial charge in [-0.25, -0.2) is 0 Å². The Kier molecular flexibility index (Phi) is 7.31. The Hall–Kier alpha value is -3.12. The van der Waals surface area contributed by atoms with Crippen molar-refractivity contribution in [2.24, 2.45) is 0 Å². The summed E-state index contributed by atoms with van der Waals surface area (Å²) >= 11 is 0. The molecule has 0 aliphatic rings. The Balaban J connectivity index is 1.90. The largest absolute Gasteiger partial charge is 0.0874 e. The summed E-state index contributed by atoms with van der Waals surface area (Å²) in [5.41, 5.74) is 11.1. The van der Waals surface area contributed by atoms with Gasteiger partial charge in [0, 0.05) is 0 Å². The van der Waals surface area contributed by atoms with E-state index in [1.165, 1.54) is 96.1 Å². The topological polar surface area (TPSA) is 0 Å². The van der Waals surface area contributed by atoms with Gasteiger partial charge in [0.15, 0.2) is 0 Å². The predicted molar refractivity (Wildman–Crippen MR) is 159 cm³/mol. The number of unbranched alkanes of at least 4 members (excludes halogenated alkanes) is 1. The lowest BCUT2D eigenvalue weighted by molar-refractivity contribution is 0.788. The molecule has 35 heavy (non-hydrogen) atoms. The van der Waals surface area contributed by atoms with Gasteiger partial charge < -0.3 is 0 Å². The molecule has 0 heterocycles. The molecule has 0 saturated heterocycles. The Morgan fingerprint density at radius 1 is 0.686 bits per heavy atom. The number of rotatable bonds is 6. The summed E-state index contributed by atoms with van der Waals surface area (Å²) in [7, 11) is 0. The molecule has 0 radical (unpaired) electrons. The zero-order chi connectivity index (χ0) is 25.3. The fourth-order valence-electron chi connectivity index (χ4n) is 5.44. The molecule has 0 atom stereocenters. The maximum Gasteiger partial charge on any atom is -0.00989 e. The molecule has 0 heteroatoms. The van der Waals surface area contributed by atoms with Crippen molar-refractivity contribution < 1.29 is 0 Å². The van der Waals surface area contributed by atoms with Gasteiger partial charge in [0.05, 0.1) is 0 Å². The van der Waals surface area contributed by atoms with Crippen molar-refractivity contribution in [2.75, 3.05) is 0 Å². The van der Waals surface area contributed by atoms with Crippen molar-refractivity contribution in [1.29, 1.82) is 0 Å². The molecule has 4 aromatic carbocycles. The van der Waals surface area contributed by atoms with E-state index in [1.807, 2.05) is 0 Å². The number of fused-ring (bicyclic) bond motifs is 5. The fourth-order valence-corrected chi connectivity index (χ4v) is 5.44. The van der Waals surface area contributed by atoms with Gasteiger partial charge in [-0.05, 0) is 145 Å². The third-order valence-electron chi connectivity index (χ3n) is 7.88. The maximum absolute atomic E-state index is 2.41. The van der Waals surface area contributed by atoms with Crippen LogP contribution in [-0.2, 0) is 0 Å². The van der Waals surface area contributed by atoms with Crippen LogP contribution in [0.5, 0.6) is 0 Å². The molecule has 0 amide bonds. The standard InChI is InChI=1S/C35H40/c1-9-11-13-23(4)27(8)33-21-29-15-17-30-31(35(29)19-25(33)6)16-14-28-20-32(24(5)18-34(28)30)26(7)22(3)12-10-2/h10,12,14-21H,9,11,13H2,1-8H3/b12-10+,26-22-,27-23-. The maximum atomic E-state index is 2.41. The van der Waals surface area contributed by atoms with Gasteiger partial charge in [0.2, 0.25) is 0 Å². The molecule has 0 unspecified atom stereocenters. The van der Waals surface area contributed by atoms with Crippen molar-refractivity contribution in [2.45, 2.75) is 74.7 Å². The van der Waals surface area contributed by atoms with E-state index in [0.717, 1.165) is 0 Å². The monoisotopic (exact) mass is 460 g/mol. The molecule has 0 bridgehead atoms. The lowest BCUT2D eigenvalue weighted by Crippen LogP contribution is -1.92. The molecule has 0 fully saturated rings. The highest BCUT2D eigenvalue weighted by atomic mass is 14.2. The molecular formula is C35H40. The minimum Gasteiger partial charge on any atom is -0.0874 e. The Labute approximate surface area is 212 Å². The first-order chi connectivity index (χ1) is 16.8. The normalized spacial score (nSPS) is 13.7. The summed E-state index contributed by atoms with van der Waals surface area (Å²) in [6.45, 7) is 17.9. The van der Waals surface area contributed by atoms with Crippen molar-refractivity contribution in [3.05, 3.63) is 94.1 Å². The lowest BCUT2D eigenvalue weighted by Gasteiger charge is -2.16. The highest BCUT2D eigenvalue weighted by Gasteiger charge is 2.12. The molecule has 4 rings (SSSR count). The Morgan fingerprint density at radius 2 is 1.20 bits per heavy atom. The molecular weight excluding hydrogens is 420 g/mol. The van der Waals surface area contributed by atoms with Crippen LogP contribution < -0.4 is 0 Å². The van der Waals surface area contributed by atoms with E-state index in [9.17, 15) is 0 Å². The molecule has 0 aliphatic carbocycles. The molecule has 4 aromatic rings. The van der Waals surface area contributed by atoms with Crippen LogP contribution in [0.4, 0.5) is 0 Å². The smallest absolute Gasteiger partial charge is 0.00989 e. The van der Waals surface area contributed by atoms with Gasteiger partial charge in [-0.3, -0.25) is 0 Å². The van der Waals surface area contributed by atoms with Gasteiger partial charge in [0.25, 0.3) is 0 Å². The van der Waals surface area contributed by atoms with Gasteiger partial charge in [0.1, 0.15) is 0 Å². The van der Waals surface area contributed by atoms with Gasteiger partial charge >= 0.3 is 0 Å². The van der Waals surface area contributed by atoms with Crippen LogP contribution >= 0.6 is 0 Å². The van der Waals surface area contributed by atoms with Crippen LogP contribution in [0.1, 0.15) is 83.1 Å². The molecule has 0 aliphatic heterocycles. The number of hydrogen-bond donors (Lipinski definition) is 0. The third-order valence-corrected chi connectivity index (χ3v) is 7.88. The van der Waals surface area contributed by atoms with E-state index in [4.69, 9.17) is 0 Å². The Morgan fingerprint density at radius 3 is 1.69 bits per heavy atom. The molecule has 0 aromatic heterocycles. The SMILES string of the molecule is C/C=C/C(C)=C(/C)c1cc2ccc3c4cc(C)c(/C(C)=C(/C)CCCC)cc4ccc3c2cc1C. The van der Waals surface area contributed by atoms with Crippen LogP contribution in [0.2, 0.25) is 0 Å². The second-order valence-electron chi connectivity index (χ2n) is 10.3. The van der Waals surface area contributed by atoms with Gasteiger partial charge in [-0.2, -0.15) is 0 Å². The van der Waals surface area contributed by atoms with Crippen LogP contribution in [0, 0.1) is 13.8 Å². The molecule has 0 saturated carbocycles. The minimum atomic E-state index is 1.19. The van der Waals surface area contributed by atoms with Gasteiger partial charge in [-0.1, -0.05) is 67.5 Å². The summed E-state index contributed by atoms with van der Waals surface area (Å²) in [5.74, 6) is 0. The molecule has 180 valence electrons. The second kappa shape index (κ2) is 10.2. The average molecular weight is 461 g/mol. The summed E-state index contributed by atoms with van der Waals surface area (Å²) in [6.07, 6.45) is 8.01. The number of allylic oxidation sites excluding steroid dienone is 6. The van der Waals surface area contributed by atoms with Crippen molar-refractivity contribution in [3.63, 3.8) is 0 Å². The summed E-state index contributed by atoms with van der Waals surface area (Å²) < 4.78 is 0. The highest BCUT2D eigenvalue weighted by Crippen LogP contribution is 2.37. The zero-order valence-corrected chi connectivity index (χ0v) is 22.9. The van der Waals surface area contributed by atoms with Crippen LogP contribution in [0.25, 0.3) is 43.5 Å². The van der Waals surface area contributed by atoms with E-state index in [-0.39, 0.29) is 0 Å². The first-order valence-corrected chi connectivity index (χ1v) is 13.1. The molecule has 0 N–H and O–H groups in total. The first kappa shape index (κ1) is 25.0. The van der Waals surface area contributed by atoms with Crippen LogP contribution in [0.15, 0.2) is 71.8 Å².